The maximum Gasteiger partial charge on any atom is 0.240 e. The van der Waals surface area contributed by atoms with Gasteiger partial charge in [-0.25, -0.2) is 4.68 Å². The molecule has 0 aliphatic rings. The molecular weight excluding hydrogens is 144 g/mol. The van der Waals surface area contributed by atoms with Gasteiger partial charge in [0, 0.05) is 0 Å². The first-order valence-electron chi connectivity index (χ1n) is 3.38. The molecule has 11 heavy (non-hydrogen) atoms. The molecule has 0 bridgehead atoms. The molecule has 0 fully saturated rings. The van der Waals surface area contributed by atoms with Crippen molar-refractivity contribution in [2.24, 2.45) is 5.73 Å². The summed E-state index contributed by atoms with van der Waals surface area (Å²) >= 11 is 0. The van der Waals surface area contributed by atoms with Gasteiger partial charge in [0.2, 0.25) is 5.95 Å². The minimum Gasteiger partial charge on any atom is -0.366 e. The van der Waals surface area contributed by atoms with Gasteiger partial charge in [-0.1, -0.05) is 6.92 Å². The van der Waals surface area contributed by atoms with Crippen LogP contribution in [0.4, 0.5) is 5.95 Å². The zero-order valence-electron chi connectivity index (χ0n) is 6.36. The van der Waals surface area contributed by atoms with E-state index in [1.165, 1.54) is 4.68 Å². The second-order valence-electron chi connectivity index (χ2n) is 2.30. The quantitative estimate of drug-likeness (QED) is 0.475. The van der Waals surface area contributed by atoms with E-state index in [1.807, 2.05) is 6.92 Å². The first-order valence-corrected chi connectivity index (χ1v) is 3.38. The average Bonchev–Trinajstić information content (AvgIpc) is 2.32. The van der Waals surface area contributed by atoms with E-state index < -0.39 is 0 Å². The van der Waals surface area contributed by atoms with Crippen LogP contribution in [-0.4, -0.2) is 14.9 Å². The van der Waals surface area contributed by atoms with Crippen molar-refractivity contribution in [1.29, 1.82) is 0 Å². The van der Waals surface area contributed by atoms with Gasteiger partial charge in [0.25, 0.3) is 0 Å². The molecule has 6 N–H and O–H groups in total. The molecule has 1 heterocycles. The minimum atomic E-state index is -0.190. The minimum absolute atomic E-state index is 0.184. The first-order chi connectivity index (χ1) is 5.16. The number of nitrogens with zero attached hydrogens (tertiary/aromatic N) is 3. The number of hydrogen-bond donors (Lipinski definition) is 3. The summed E-state index contributed by atoms with van der Waals surface area (Å²) in [4.78, 5) is 0. The van der Waals surface area contributed by atoms with Crippen LogP contribution < -0.4 is 17.3 Å². The highest BCUT2D eigenvalue weighted by molar-refractivity contribution is 5.18. The van der Waals surface area contributed by atoms with Crippen molar-refractivity contribution < 1.29 is 0 Å². The van der Waals surface area contributed by atoms with Crippen molar-refractivity contribution in [3.05, 3.63) is 5.82 Å². The van der Waals surface area contributed by atoms with Gasteiger partial charge in [-0.05, 0) is 6.42 Å². The summed E-state index contributed by atoms with van der Waals surface area (Å²) in [6, 6.07) is -0.190. The number of rotatable bonds is 2. The molecular formula is C5H12N6. The third kappa shape index (κ3) is 1.25. The molecule has 1 atom stereocenters. The van der Waals surface area contributed by atoms with E-state index in [9.17, 15) is 0 Å². The second-order valence-corrected chi connectivity index (χ2v) is 2.30. The monoisotopic (exact) mass is 156 g/mol. The maximum atomic E-state index is 5.65. The van der Waals surface area contributed by atoms with Crippen LogP contribution in [0, 0.1) is 0 Å². The Morgan fingerprint density at radius 2 is 2.18 bits per heavy atom. The maximum absolute atomic E-state index is 5.65. The molecule has 0 aliphatic carbocycles. The third-order valence-electron chi connectivity index (χ3n) is 1.52. The molecule has 1 aromatic heterocycles. The Balaban J connectivity index is 2.94. The summed E-state index contributed by atoms with van der Waals surface area (Å²) < 4.78 is 1.20. The van der Waals surface area contributed by atoms with E-state index in [2.05, 4.69) is 10.2 Å². The predicted octanol–water partition coefficient (Wildman–Crippen LogP) is -1.02. The summed E-state index contributed by atoms with van der Waals surface area (Å²) in [6.07, 6.45) is 0.759. The molecule has 62 valence electrons. The Morgan fingerprint density at radius 1 is 1.55 bits per heavy atom. The second kappa shape index (κ2) is 2.75. The van der Waals surface area contributed by atoms with Crippen molar-refractivity contribution in [2.75, 3.05) is 11.6 Å². The topological polar surface area (TPSA) is 109 Å². The number of nitrogen functional groups attached to an aromatic ring is 2. The molecule has 0 saturated heterocycles. The summed E-state index contributed by atoms with van der Waals surface area (Å²) in [5, 5.41) is 7.29. The van der Waals surface area contributed by atoms with Crippen LogP contribution in [0.2, 0.25) is 0 Å². The van der Waals surface area contributed by atoms with Crippen molar-refractivity contribution in [3.8, 4) is 0 Å². The van der Waals surface area contributed by atoms with Crippen LogP contribution >= 0.6 is 0 Å². The molecule has 6 nitrogen and oxygen atoms in total. The molecule has 0 radical (unpaired) electrons. The van der Waals surface area contributed by atoms with Crippen LogP contribution in [0.15, 0.2) is 0 Å². The molecule has 0 spiro atoms. The van der Waals surface area contributed by atoms with E-state index in [-0.39, 0.29) is 12.0 Å². The van der Waals surface area contributed by atoms with Gasteiger partial charge in [-0.2, -0.15) is 0 Å². The fourth-order valence-corrected chi connectivity index (χ4v) is 0.752. The summed E-state index contributed by atoms with van der Waals surface area (Å²) in [5.41, 5.74) is 11.0. The van der Waals surface area contributed by atoms with E-state index in [0.717, 1.165) is 6.42 Å². The molecule has 0 aromatic carbocycles. The van der Waals surface area contributed by atoms with Gasteiger partial charge in [0.1, 0.15) is 0 Å². The van der Waals surface area contributed by atoms with Gasteiger partial charge in [-0.3, -0.25) is 0 Å². The van der Waals surface area contributed by atoms with Gasteiger partial charge in [0.15, 0.2) is 5.82 Å². The Bertz CT molecular complexity index is 241. The average molecular weight is 156 g/mol. The fourth-order valence-electron chi connectivity index (χ4n) is 0.752. The van der Waals surface area contributed by atoms with Crippen molar-refractivity contribution >= 4 is 5.95 Å². The van der Waals surface area contributed by atoms with Crippen LogP contribution in [0.5, 0.6) is 0 Å². The van der Waals surface area contributed by atoms with Crippen LogP contribution in [-0.2, 0) is 0 Å². The van der Waals surface area contributed by atoms with Gasteiger partial charge in [-0.15, -0.1) is 10.2 Å². The van der Waals surface area contributed by atoms with Gasteiger partial charge >= 0.3 is 0 Å². The highest BCUT2D eigenvalue weighted by atomic mass is 15.4. The Morgan fingerprint density at radius 3 is 2.55 bits per heavy atom. The Hall–Kier alpha value is -1.30. The lowest BCUT2D eigenvalue weighted by Crippen LogP contribution is -2.21. The smallest absolute Gasteiger partial charge is 0.240 e. The molecule has 0 amide bonds. The fraction of sp³-hybridized carbons (Fsp3) is 0.600. The molecule has 1 unspecified atom stereocenters. The normalized spacial score (nSPS) is 13.3. The van der Waals surface area contributed by atoms with Crippen LogP contribution in [0.25, 0.3) is 0 Å². The number of anilines is 1. The van der Waals surface area contributed by atoms with E-state index in [0.29, 0.717) is 5.82 Å². The Kier molecular flexibility index (Phi) is 1.95. The third-order valence-corrected chi connectivity index (χ3v) is 1.52. The largest absolute Gasteiger partial charge is 0.366 e. The predicted molar refractivity (Wildman–Crippen MR) is 41.8 cm³/mol. The van der Waals surface area contributed by atoms with Gasteiger partial charge in [0.05, 0.1) is 6.04 Å². The summed E-state index contributed by atoms with van der Waals surface area (Å²) in [6.45, 7) is 1.94. The highest BCUT2D eigenvalue weighted by Crippen LogP contribution is 2.09. The summed E-state index contributed by atoms with van der Waals surface area (Å²) in [5.74, 6) is 6.17. The molecule has 0 saturated carbocycles. The number of aromatic nitrogens is 3. The lowest BCUT2D eigenvalue weighted by molar-refractivity contribution is 0.627. The molecule has 1 aromatic rings. The number of hydrogen-bond acceptors (Lipinski definition) is 5. The first kappa shape index (κ1) is 7.80. The lowest BCUT2D eigenvalue weighted by atomic mass is 10.2. The molecule has 0 aliphatic heterocycles. The van der Waals surface area contributed by atoms with E-state index in [1.54, 1.807) is 0 Å². The van der Waals surface area contributed by atoms with Gasteiger partial charge < -0.3 is 17.3 Å². The van der Waals surface area contributed by atoms with E-state index >= 15 is 0 Å². The highest BCUT2D eigenvalue weighted by Gasteiger charge is 2.12. The van der Waals surface area contributed by atoms with Crippen molar-refractivity contribution in [1.82, 2.24) is 14.9 Å². The molecule has 6 heteroatoms. The zero-order chi connectivity index (χ0) is 8.43. The summed E-state index contributed by atoms with van der Waals surface area (Å²) in [7, 11) is 0. The number of nitrogens with two attached hydrogens (primary N) is 3. The van der Waals surface area contributed by atoms with Crippen molar-refractivity contribution in [2.45, 2.75) is 19.4 Å². The standard InChI is InChI=1S/C5H12N6/c1-2-3(6)4-9-10-5(7)11(4)8/h3H,2,6,8H2,1H3,(H2,7,10). The van der Waals surface area contributed by atoms with Crippen molar-refractivity contribution in [3.63, 3.8) is 0 Å². The lowest BCUT2D eigenvalue weighted by Gasteiger charge is -2.06. The zero-order valence-corrected chi connectivity index (χ0v) is 6.36. The van der Waals surface area contributed by atoms with Crippen LogP contribution in [0.3, 0.4) is 0 Å². The SMILES string of the molecule is CCC(N)c1nnc(N)n1N. The van der Waals surface area contributed by atoms with Crippen LogP contribution in [0.1, 0.15) is 25.2 Å². The Labute approximate surface area is 64.3 Å². The molecule has 1 rings (SSSR count). The van der Waals surface area contributed by atoms with E-state index in [4.69, 9.17) is 17.3 Å².